The Morgan fingerprint density at radius 2 is 2.12 bits per heavy atom. The number of amides is 1. The number of aryl methyl sites for hydroxylation is 2. The Balaban J connectivity index is 2.13. The molecule has 0 fully saturated rings. The molecule has 1 heterocycles. The lowest BCUT2D eigenvalue weighted by Crippen LogP contribution is -2.11. The van der Waals surface area contributed by atoms with E-state index in [1.807, 2.05) is 49.0 Å². The number of hydrogen-bond donors (Lipinski definition) is 1. The van der Waals surface area contributed by atoms with Gasteiger partial charge in [-0.05, 0) is 30.7 Å². The molecule has 1 N–H and O–H groups in total. The third-order valence-electron chi connectivity index (χ3n) is 2.37. The lowest BCUT2D eigenvalue weighted by atomic mass is 10.2. The molecule has 0 bridgehead atoms. The highest BCUT2D eigenvalue weighted by atomic mass is 16.1. The summed E-state index contributed by atoms with van der Waals surface area (Å²) >= 11 is 0. The summed E-state index contributed by atoms with van der Waals surface area (Å²) in [5, 5.41) is 2.86. The first-order valence-corrected chi connectivity index (χ1v) is 5.15. The van der Waals surface area contributed by atoms with Gasteiger partial charge in [-0.15, -0.1) is 0 Å². The van der Waals surface area contributed by atoms with E-state index in [0.717, 1.165) is 11.3 Å². The minimum atomic E-state index is -0.0776. The topological polar surface area (TPSA) is 34.0 Å². The Morgan fingerprint density at radius 1 is 1.31 bits per heavy atom. The predicted octanol–water partition coefficient (Wildman–Crippen LogP) is 2.59. The average molecular weight is 214 g/mol. The molecule has 1 aromatic heterocycles. The van der Waals surface area contributed by atoms with E-state index >= 15 is 0 Å². The molecule has 0 radical (unpaired) electrons. The number of rotatable bonds is 2. The number of nitrogens with one attached hydrogen (secondary N) is 1. The molecule has 1 amide bonds. The summed E-state index contributed by atoms with van der Waals surface area (Å²) in [5.74, 6) is -0.0776. The Morgan fingerprint density at radius 3 is 2.75 bits per heavy atom. The maximum atomic E-state index is 11.8. The second-order valence-electron chi connectivity index (χ2n) is 3.89. The summed E-state index contributed by atoms with van der Waals surface area (Å²) in [4.78, 5) is 11.8. The summed E-state index contributed by atoms with van der Waals surface area (Å²) in [6, 6.07) is 9.55. The second-order valence-corrected chi connectivity index (χ2v) is 3.89. The maximum Gasteiger partial charge on any atom is 0.257 e. The van der Waals surface area contributed by atoms with Crippen molar-refractivity contribution in [1.29, 1.82) is 0 Å². The van der Waals surface area contributed by atoms with Crippen LogP contribution in [0.4, 0.5) is 5.69 Å². The van der Waals surface area contributed by atoms with Crippen LogP contribution in [0.25, 0.3) is 0 Å². The van der Waals surface area contributed by atoms with Crippen LogP contribution < -0.4 is 5.32 Å². The SMILES string of the molecule is Cc1cccc(NC(=O)c2ccn(C)c2)c1. The quantitative estimate of drug-likeness (QED) is 0.819. The fraction of sp³-hybridized carbons (Fsp3) is 0.154. The van der Waals surface area contributed by atoms with Crippen molar-refractivity contribution in [3.8, 4) is 0 Å². The third kappa shape index (κ3) is 2.31. The summed E-state index contributed by atoms with van der Waals surface area (Å²) in [5.41, 5.74) is 2.63. The number of carbonyl (C=O) groups excluding carboxylic acids is 1. The highest BCUT2D eigenvalue weighted by molar-refractivity contribution is 6.04. The van der Waals surface area contributed by atoms with Gasteiger partial charge >= 0.3 is 0 Å². The normalized spacial score (nSPS) is 10.1. The molecule has 3 nitrogen and oxygen atoms in total. The van der Waals surface area contributed by atoms with Crippen LogP contribution in [0.3, 0.4) is 0 Å². The molecular formula is C13H14N2O. The van der Waals surface area contributed by atoms with Gasteiger partial charge in [0, 0.05) is 25.1 Å². The van der Waals surface area contributed by atoms with Crippen LogP contribution in [0.15, 0.2) is 42.7 Å². The summed E-state index contributed by atoms with van der Waals surface area (Å²) < 4.78 is 1.85. The van der Waals surface area contributed by atoms with Gasteiger partial charge in [-0.2, -0.15) is 0 Å². The van der Waals surface area contributed by atoms with E-state index in [2.05, 4.69) is 5.32 Å². The largest absolute Gasteiger partial charge is 0.356 e. The van der Waals surface area contributed by atoms with E-state index in [0.29, 0.717) is 5.56 Å². The van der Waals surface area contributed by atoms with Crippen molar-refractivity contribution in [2.75, 3.05) is 5.32 Å². The van der Waals surface area contributed by atoms with Crippen LogP contribution in [0.1, 0.15) is 15.9 Å². The van der Waals surface area contributed by atoms with Crippen LogP contribution in [0.5, 0.6) is 0 Å². The van der Waals surface area contributed by atoms with Gasteiger partial charge in [0.2, 0.25) is 0 Å². The zero-order chi connectivity index (χ0) is 11.5. The molecule has 2 rings (SSSR count). The fourth-order valence-corrected chi connectivity index (χ4v) is 1.56. The van der Waals surface area contributed by atoms with E-state index in [1.54, 1.807) is 12.3 Å². The first-order chi connectivity index (χ1) is 7.65. The first-order valence-electron chi connectivity index (χ1n) is 5.15. The summed E-state index contributed by atoms with van der Waals surface area (Å²) in [6.07, 6.45) is 3.65. The monoisotopic (exact) mass is 214 g/mol. The lowest BCUT2D eigenvalue weighted by molar-refractivity contribution is 0.102. The molecule has 0 spiro atoms. The molecule has 0 aliphatic heterocycles. The van der Waals surface area contributed by atoms with Crippen molar-refractivity contribution in [1.82, 2.24) is 4.57 Å². The number of benzene rings is 1. The Hall–Kier alpha value is -2.03. The Labute approximate surface area is 94.7 Å². The number of aromatic nitrogens is 1. The molecule has 0 aliphatic rings. The predicted molar refractivity (Wildman–Crippen MR) is 64.5 cm³/mol. The summed E-state index contributed by atoms with van der Waals surface area (Å²) in [6.45, 7) is 2.00. The standard InChI is InChI=1S/C13H14N2O/c1-10-4-3-5-12(8-10)14-13(16)11-6-7-15(2)9-11/h3-9H,1-2H3,(H,14,16). The third-order valence-corrected chi connectivity index (χ3v) is 2.37. The van der Waals surface area contributed by atoms with Crippen LogP contribution in [-0.2, 0) is 7.05 Å². The molecule has 16 heavy (non-hydrogen) atoms. The smallest absolute Gasteiger partial charge is 0.257 e. The van der Waals surface area contributed by atoms with Gasteiger partial charge < -0.3 is 9.88 Å². The Kier molecular flexibility index (Phi) is 2.77. The lowest BCUT2D eigenvalue weighted by Gasteiger charge is -2.04. The van der Waals surface area contributed by atoms with Gasteiger partial charge in [0.1, 0.15) is 0 Å². The molecule has 0 unspecified atom stereocenters. The second kappa shape index (κ2) is 4.23. The van der Waals surface area contributed by atoms with Crippen LogP contribution in [0.2, 0.25) is 0 Å². The minimum absolute atomic E-state index is 0.0776. The van der Waals surface area contributed by atoms with Crippen molar-refractivity contribution in [2.45, 2.75) is 6.92 Å². The van der Waals surface area contributed by atoms with Gasteiger partial charge in [-0.1, -0.05) is 12.1 Å². The highest BCUT2D eigenvalue weighted by Crippen LogP contribution is 2.11. The first kappa shape index (κ1) is 10.5. The zero-order valence-electron chi connectivity index (χ0n) is 9.40. The molecule has 82 valence electrons. The van der Waals surface area contributed by atoms with Crippen molar-refractivity contribution in [2.24, 2.45) is 7.05 Å². The van der Waals surface area contributed by atoms with E-state index < -0.39 is 0 Å². The number of carbonyl (C=O) groups is 1. The van der Waals surface area contributed by atoms with Gasteiger partial charge in [0.15, 0.2) is 0 Å². The van der Waals surface area contributed by atoms with Crippen molar-refractivity contribution >= 4 is 11.6 Å². The molecule has 0 saturated carbocycles. The molecule has 0 atom stereocenters. The van der Waals surface area contributed by atoms with Crippen LogP contribution >= 0.6 is 0 Å². The van der Waals surface area contributed by atoms with E-state index in [1.165, 1.54) is 0 Å². The molecule has 3 heteroatoms. The maximum absolute atomic E-state index is 11.8. The number of hydrogen-bond acceptors (Lipinski definition) is 1. The molecule has 2 aromatic rings. The van der Waals surface area contributed by atoms with Crippen molar-refractivity contribution in [3.05, 3.63) is 53.9 Å². The molecule has 0 saturated heterocycles. The van der Waals surface area contributed by atoms with E-state index in [9.17, 15) is 4.79 Å². The van der Waals surface area contributed by atoms with Crippen molar-refractivity contribution < 1.29 is 4.79 Å². The molecule has 0 aliphatic carbocycles. The minimum Gasteiger partial charge on any atom is -0.356 e. The van der Waals surface area contributed by atoms with Gasteiger partial charge in [0.25, 0.3) is 5.91 Å². The molecular weight excluding hydrogens is 200 g/mol. The van der Waals surface area contributed by atoms with E-state index in [-0.39, 0.29) is 5.91 Å². The van der Waals surface area contributed by atoms with Gasteiger partial charge in [-0.25, -0.2) is 0 Å². The van der Waals surface area contributed by atoms with Crippen molar-refractivity contribution in [3.63, 3.8) is 0 Å². The van der Waals surface area contributed by atoms with Gasteiger partial charge in [-0.3, -0.25) is 4.79 Å². The van der Waals surface area contributed by atoms with Crippen LogP contribution in [-0.4, -0.2) is 10.5 Å². The number of nitrogens with zero attached hydrogens (tertiary/aromatic N) is 1. The van der Waals surface area contributed by atoms with Crippen LogP contribution in [0, 0.1) is 6.92 Å². The average Bonchev–Trinajstić information content (AvgIpc) is 2.65. The van der Waals surface area contributed by atoms with E-state index in [4.69, 9.17) is 0 Å². The fourth-order valence-electron chi connectivity index (χ4n) is 1.56. The summed E-state index contributed by atoms with van der Waals surface area (Å²) in [7, 11) is 1.89. The Bertz CT molecular complexity index is 514. The van der Waals surface area contributed by atoms with Gasteiger partial charge in [0.05, 0.1) is 5.56 Å². The zero-order valence-corrected chi connectivity index (χ0v) is 9.40. The number of anilines is 1. The highest BCUT2D eigenvalue weighted by Gasteiger charge is 2.06. The molecule has 1 aromatic carbocycles.